The maximum absolute atomic E-state index is 10.5. The summed E-state index contributed by atoms with van der Waals surface area (Å²) in [7, 11) is 1.70. The molecular weight excluding hydrogens is 200 g/mol. The Kier molecular flexibility index (Phi) is 4.02. The van der Waals surface area contributed by atoms with Crippen LogP contribution in [0.25, 0.3) is 6.08 Å². The molecule has 2 heteroatoms. The lowest BCUT2D eigenvalue weighted by Gasteiger charge is -2.23. The molecule has 0 radical (unpaired) electrons. The zero-order valence-electron chi connectivity index (χ0n) is 10.3. The largest absolute Gasteiger partial charge is 0.374 e. The van der Waals surface area contributed by atoms with Gasteiger partial charge in [-0.3, -0.25) is 4.79 Å². The van der Waals surface area contributed by atoms with Crippen molar-refractivity contribution in [3.63, 3.8) is 0 Å². The molecule has 16 heavy (non-hydrogen) atoms. The number of ether oxygens (including phenoxy) is 1. The Balaban J connectivity index is 2.96. The van der Waals surface area contributed by atoms with E-state index in [2.05, 4.69) is 0 Å². The average Bonchev–Trinajstić information content (AvgIpc) is 2.29. The third kappa shape index (κ3) is 3.04. The van der Waals surface area contributed by atoms with Gasteiger partial charge in [-0.25, -0.2) is 0 Å². The van der Waals surface area contributed by atoms with Gasteiger partial charge in [0.25, 0.3) is 0 Å². The Bertz CT molecular complexity index is 386. The molecule has 0 amide bonds. The van der Waals surface area contributed by atoms with Gasteiger partial charge in [-0.15, -0.1) is 0 Å². The van der Waals surface area contributed by atoms with Gasteiger partial charge in [0.1, 0.15) is 6.29 Å². The van der Waals surface area contributed by atoms with E-state index in [1.54, 1.807) is 14.0 Å². The maximum Gasteiger partial charge on any atom is 0.145 e. The lowest BCUT2D eigenvalue weighted by atomic mass is 9.96. The van der Waals surface area contributed by atoms with Gasteiger partial charge in [-0.05, 0) is 43.5 Å². The highest BCUT2D eigenvalue weighted by Gasteiger charge is 2.18. The quantitative estimate of drug-likeness (QED) is 0.573. The van der Waals surface area contributed by atoms with Gasteiger partial charge in [0.05, 0.1) is 5.60 Å². The van der Waals surface area contributed by atoms with E-state index in [0.717, 1.165) is 23.0 Å². The van der Waals surface area contributed by atoms with Crippen molar-refractivity contribution in [2.45, 2.75) is 26.4 Å². The van der Waals surface area contributed by atoms with E-state index >= 15 is 0 Å². The minimum absolute atomic E-state index is 0.276. The minimum Gasteiger partial charge on any atom is -0.374 e. The topological polar surface area (TPSA) is 26.3 Å². The summed E-state index contributed by atoms with van der Waals surface area (Å²) in [5.41, 5.74) is 2.59. The second-order valence-electron chi connectivity index (χ2n) is 4.34. The van der Waals surface area contributed by atoms with Gasteiger partial charge in [0.2, 0.25) is 0 Å². The number of hydrogen-bond acceptors (Lipinski definition) is 2. The van der Waals surface area contributed by atoms with Gasteiger partial charge in [-0.2, -0.15) is 0 Å². The first-order chi connectivity index (χ1) is 7.49. The summed E-state index contributed by atoms with van der Waals surface area (Å²) < 4.78 is 5.39. The second-order valence-corrected chi connectivity index (χ2v) is 4.34. The standard InChI is InChI=1S/C14H18O2/c1-11(10-15)9-12-5-7-13(8-6-12)14(2,3)16-4/h5-10H,1-4H3/b11-9+. The predicted octanol–water partition coefficient (Wildman–Crippen LogP) is 3.17. The molecule has 0 heterocycles. The number of allylic oxidation sites excluding steroid dienone is 1. The van der Waals surface area contributed by atoms with Gasteiger partial charge >= 0.3 is 0 Å². The molecule has 0 aliphatic heterocycles. The van der Waals surface area contributed by atoms with E-state index < -0.39 is 0 Å². The molecular formula is C14H18O2. The molecule has 0 N–H and O–H groups in total. The highest BCUT2D eigenvalue weighted by molar-refractivity contribution is 5.80. The van der Waals surface area contributed by atoms with Gasteiger partial charge in [-0.1, -0.05) is 24.3 Å². The molecule has 2 nitrogen and oxygen atoms in total. The summed E-state index contributed by atoms with van der Waals surface area (Å²) in [5, 5.41) is 0. The molecule has 0 saturated heterocycles. The first-order valence-corrected chi connectivity index (χ1v) is 5.29. The molecule has 0 unspecified atom stereocenters. The first kappa shape index (κ1) is 12.7. The van der Waals surface area contributed by atoms with Gasteiger partial charge in [0, 0.05) is 7.11 Å². The summed E-state index contributed by atoms with van der Waals surface area (Å²) in [4.78, 5) is 10.5. The Morgan fingerprint density at radius 1 is 1.25 bits per heavy atom. The van der Waals surface area contributed by atoms with E-state index in [9.17, 15) is 4.79 Å². The number of carbonyl (C=O) groups is 1. The lowest BCUT2D eigenvalue weighted by molar-refractivity contribution is -0.104. The van der Waals surface area contributed by atoms with Crippen LogP contribution in [0.3, 0.4) is 0 Å². The van der Waals surface area contributed by atoms with Gasteiger partial charge < -0.3 is 4.74 Å². The van der Waals surface area contributed by atoms with Crippen LogP contribution in [0.1, 0.15) is 31.9 Å². The van der Waals surface area contributed by atoms with Crippen molar-refractivity contribution in [2.24, 2.45) is 0 Å². The van der Waals surface area contributed by atoms with Gasteiger partial charge in [0.15, 0.2) is 0 Å². The first-order valence-electron chi connectivity index (χ1n) is 5.29. The predicted molar refractivity (Wildman–Crippen MR) is 66.2 cm³/mol. The number of carbonyl (C=O) groups excluding carboxylic acids is 1. The van der Waals surface area contributed by atoms with E-state index in [0.29, 0.717) is 0 Å². The van der Waals surface area contributed by atoms with Crippen LogP contribution in [0.2, 0.25) is 0 Å². The fraction of sp³-hybridized carbons (Fsp3) is 0.357. The summed E-state index contributed by atoms with van der Waals surface area (Å²) >= 11 is 0. The number of aldehydes is 1. The number of rotatable bonds is 4. The molecule has 0 bridgehead atoms. The van der Waals surface area contributed by atoms with Crippen molar-refractivity contribution in [1.29, 1.82) is 0 Å². The monoisotopic (exact) mass is 218 g/mol. The highest BCUT2D eigenvalue weighted by Crippen LogP contribution is 2.24. The van der Waals surface area contributed by atoms with Crippen LogP contribution in [0, 0.1) is 0 Å². The van der Waals surface area contributed by atoms with Crippen molar-refractivity contribution >= 4 is 12.4 Å². The Labute approximate surface area is 96.9 Å². The smallest absolute Gasteiger partial charge is 0.145 e. The molecule has 0 aromatic heterocycles. The van der Waals surface area contributed by atoms with Crippen LogP contribution in [-0.4, -0.2) is 13.4 Å². The minimum atomic E-state index is -0.276. The van der Waals surface area contributed by atoms with Crippen molar-refractivity contribution in [3.8, 4) is 0 Å². The van der Waals surface area contributed by atoms with Crippen molar-refractivity contribution < 1.29 is 9.53 Å². The molecule has 0 aliphatic carbocycles. The fourth-order valence-corrected chi connectivity index (χ4v) is 1.40. The number of benzene rings is 1. The SMILES string of the molecule is COC(C)(C)c1ccc(/C=C(\C)C=O)cc1. The molecule has 0 saturated carbocycles. The second kappa shape index (κ2) is 5.08. The van der Waals surface area contributed by atoms with Crippen LogP contribution in [0.15, 0.2) is 29.8 Å². The van der Waals surface area contributed by atoms with Crippen molar-refractivity contribution in [3.05, 3.63) is 41.0 Å². The zero-order valence-corrected chi connectivity index (χ0v) is 10.3. The average molecular weight is 218 g/mol. The summed E-state index contributed by atoms with van der Waals surface area (Å²) in [6.07, 6.45) is 2.71. The molecule has 0 fully saturated rings. The van der Waals surface area contributed by atoms with Crippen LogP contribution in [0.5, 0.6) is 0 Å². The highest BCUT2D eigenvalue weighted by atomic mass is 16.5. The van der Waals surface area contributed by atoms with Crippen molar-refractivity contribution in [1.82, 2.24) is 0 Å². The molecule has 1 aromatic rings. The van der Waals surface area contributed by atoms with E-state index in [-0.39, 0.29) is 5.60 Å². The van der Waals surface area contributed by atoms with E-state index in [1.807, 2.05) is 44.2 Å². The Hall–Kier alpha value is -1.41. The molecule has 0 atom stereocenters. The molecule has 1 aromatic carbocycles. The third-order valence-corrected chi connectivity index (χ3v) is 2.70. The lowest BCUT2D eigenvalue weighted by Crippen LogP contribution is -2.19. The molecule has 0 aliphatic rings. The molecule has 0 spiro atoms. The van der Waals surface area contributed by atoms with Crippen LogP contribution in [-0.2, 0) is 15.1 Å². The Morgan fingerprint density at radius 3 is 2.25 bits per heavy atom. The third-order valence-electron chi connectivity index (χ3n) is 2.70. The maximum atomic E-state index is 10.5. The fourth-order valence-electron chi connectivity index (χ4n) is 1.40. The van der Waals surface area contributed by atoms with E-state index in [4.69, 9.17) is 4.74 Å². The van der Waals surface area contributed by atoms with Crippen molar-refractivity contribution in [2.75, 3.05) is 7.11 Å². The zero-order chi connectivity index (χ0) is 12.2. The van der Waals surface area contributed by atoms with E-state index in [1.165, 1.54) is 0 Å². The van der Waals surface area contributed by atoms with Crippen LogP contribution >= 0.6 is 0 Å². The Morgan fingerprint density at radius 2 is 1.81 bits per heavy atom. The summed E-state index contributed by atoms with van der Waals surface area (Å²) in [6, 6.07) is 8.02. The number of hydrogen-bond donors (Lipinski definition) is 0. The summed E-state index contributed by atoms with van der Waals surface area (Å²) in [6.45, 7) is 5.84. The van der Waals surface area contributed by atoms with Crippen LogP contribution in [0.4, 0.5) is 0 Å². The normalized spacial score (nSPS) is 12.6. The number of methoxy groups -OCH3 is 1. The van der Waals surface area contributed by atoms with Crippen LogP contribution < -0.4 is 0 Å². The summed E-state index contributed by atoms with van der Waals surface area (Å²) in [5.74, 6) is 0. The molecule has 1 rings (SSSR count). The molecule has 86 valence electrons.